The first kappa shape index (κ1) is 17.6. The van der Waals surface area contributed by atoms with Gasteiger partial charge in [0.15, 0.2) is 0 Å². The third-order valence-corrected chi connectivity index (χ3v) is 4.44. The Morgan fingerprint density at radius 2 is 2.00 bits per heavy atom. The maximum absolute atomic E-state index is 12.7. The highest BCUT2D eigenvalue weighted by Crippen LogP contribution is 2.20. The molecule has 1 heterocycles. The van der Waals surface area contributed by atoms with Crippen LogP contribution in [0.3, 0.4) is 0 Å². The second-order valence-electron chi connectivity index (χ2n) is 6.26. The lowest BCUT2D eigenvalue weighted by molar-refractivity contribution is 0.0934. The monoisotopic (exact) mass is 351 g/mol. The van der Waals surface area contributed by atoms with E-state index < -0.39 is 0 Å². The number of carbonyl (C=O) groups excluding carboxylic acids is 1. The number of anilines is 1. The fourth-order valence-electron chi connectivity index (χ4n) is 3.07. The zero-order valence-electron chi connectivity index (χ0n) is 14.4. The van der Waals surface area contributed by atoms with Crippen LogP contribution in [0, 0.1) is 11.3 Å². The lowest BCUT2D eigenvalue weighted by atomic mass is 10.1. The summed E-state index contributed by atoms with van der Waals surface area (Å²) in [6.07, 6.45) is 8.32. The minimum absolute atomic E-state index is 0.105. The molecule has 2 aromatic rings. The van der Waals surface area contributed by atoms with Crippen molar-refractivity contribution in [3.05, 3.63) is 41.9 Å². The van der Waals surface area contributed by atoms with E-state index in [0.29, 0.717) is 11.3 Å². The van der Waals surface area contributed by atoms with Gasteiger partial charge in [0, 0.05) is 12.2 Å². The van der Waals surface area contributed by atoms with Gasteiger partial charge in [-0.05, 0) is 30.2 Å². The lowest BCUT2D eigenvalue weighted by Crippen LogP contribution is -2.34. The van der Waals surface area contributed by atoms with E-state index in [1.807, 2.05) is 18.2 Å². The summed E-state index contributed by atoms with van der Waals surface area (Å²) < 4.78 is 0. The van der Waals surface area contributed by atoms with Gasteiger partial charge >= 0.3 is 0 Å². The first-order valence-electron chi connectivity index (χ1n) is 8.78. The third kappa shape index (κ3) is 4.45. The molecule has 0 spiro atoms. The average Bonchev–Trinajstić information content (AvgIpc) is 3.07. The largest absolute Gasteiger partial charge is 0.360 e. The number of aromatic nitrogens is 4. The molecule has 0 atom stereocenters. The van der Waals surface area contributed by atoms with Crippen LogP contribution in [0.5, 0.6) is 0 Å². The molecule has 1 amide bonds. The van der Waals surface area contributed by atoms with E-state index in [-0.39, 0.29) is 23.3 Å². The van der Waals surface area contributed by atoms with Crippen molar-refractivity contribution in [3.8, 4) is 6.07 Å². The standard InChI is InChI=1S/C18H21N7O/c19-11-13(17-22-24-25-23-17)12-20-16-10-6-5-9-15(16)18(26)21-14-7-3-1-2-4-8-14/h5-6,9-10,12,14,20H,1-4,7-8H2,(H,21,26)(H,22,23,24,25). The quantitative estimate of drug-likeness (QED) is 0.563. The number of tetrazole rings is 1. The number of H-pyrrole nitrogens is 1. The second kappa shape index (κ2) is 8.76. The molecular weight excluding hydrogens is 330 g/mol. The molecule has 3 N–H and O–H groups in total. The lowest BCUT2D eigenvalue weighted by Gasteiger charge is -2.17. The van der Waals surface area contributed by atoms with Gasteiger partial charge in [0.2, 0.25) is 5.82 Å². The van der Waals surface area contributed by atoms with E-state index in [4.69, 9.17) is 0 Å². The minimum atomic E-state index is -0.105. The van der Waals surface area contributed by atoms with Crippen LogP contribution in [-0.2, 0) is 0 Å². The number of benzene rings is 1. The summed E-state index contributed by atoms with van der Waals surface area (Å²) in [6, 6.07) is 9.45. The normalized spacial score (nSPS) is 15.7. The molecule has 1 fully saturated rings. The second-order valence-corrected chi connectivity index (χ2v) is 6.26. The Hall–Kier alpha value is -3.21. The van der Waals surface area contributed by atoms with E-state index in [0.717, 1.165) is 25.7 Å². The van der Waals surface area contributed by atoms with Gasteiger partial charge in [-0.1, -0.05) is 37.8 Å². The number of hydrogen-bond acceptors (Lipinski definition) is 6. The highest BCUT2D eigenvalue weighted by atomic mass is 16.1. The Morgan fingerprint density at radius 1 is 1.23 bits per heavy atom. The van der Waals surface area contributed by atoms with Crippen molar-refractivity contribution in [2.75, 3.05) is 5.32 Å². The summed E-state index contributed by atoms with van der Waals surface area (Å²) in [5, 5.41) is 28.7. The maximum atomic E-state index is 12.7. The number of nitrogens with one attached hydrogen (secondary N) is 3. The number of carbonyl (C=O) groups is 1. The number of amides is 1. The number of hydrogen-bond donors (Lipinski definition) is 3. The van der Waals surface area contributed by atoms with E-state index in [1.165, 1.54) is 19.0 Å². The molecule has 1 aromatic carbocycles. The third-order valence-electron chi connectivity index (χ3n) is 4.44. The molecule has 134 valence electrons. The number of para-hydroxylation sites is 1. The van der Waals surface area contributed by atoms with Crippen molar-refractivity contribution >= 4 is 17.2 Å². The first-order chi connectivity index (χ1) is 12.8. The molecule has 0 bridgehead atoms. The number of aromatic amines is 1. The van der Waals surface area contributed by atoms with Crippen molar-refractivity contribution in [1.82, 2.24) is 25.9 Å². The molecule has 1 aliphatic carbocycles. The van der Waals surface area contributed by atoms with E-state index in [1.54, 1.807) is 12.1 Å². The Bertz CT molecular complexity index is 799. The molecule has 26 heavy (non-hydrogen) atoms. The molecule has 0 aliphatic heterocycles. The fraction of sp³-hybridized carbons (Fsp3) is 0.389. The summed E-state index contributed by atoms with van der Waals surface area (Å²) in [6.45, 7) is 0. The van der Waals surface area contributed by atoms with Crippen LogP contribution >= 0.6 is 0 Å². The van der Waals surface area contributed by atoms with Gasteiger partial charge < -0.3 is 10.6 Å². The molecular formula is C18H21N7O. The van der Waals surface area contributed by atoms with Gasteiger partial charge in [-0.2, -0.15) is 10.5 Å². The predicted octanol–water partition coefficient (Wildman–Crippen LogP) is 2.63. The highest BCUT2D eigenvalue weighted by molar-refractivity contribution is 6.00. The zero-order chi connectivity index (χ0) is 18.2. The minimum Gasteiger partial charge on any atom is -0.360 e. The number of nitrogens with zero attached hydrogens (tertiary/aromatic N) is 4. The van der Waals surface area contributed by atoms with Crippen LogP contribution in [0.1, 0.15) is 54.7 Å². The van der Waals surface area contributed by atoms with Crippen LogP contribution in [-0.4, -0.2) is 32.6 Å². The molecule has 3 rings (SSSR count). The molecule has 1 aliphatic rings. The number of nitriles is 1. The summed E-state index contributed by atoms with van der Waals surface area (Å²) in [7, 11) is 0. The Balaban J connectivity index is 1.73. The molecule has 8 nitrogen and oxygen atoms in total. The van der Waals surface area contributed by atoms with E-state index >= 15 is 0 Å². The Kier molecular flexibility index (Phi) is 5.93. The van der Waals surface area contributed by atoms with Crippen molar-refractivity contribution in [2.24, 2.45) is 0 Å². The van der Waals surface area contributed by atoms with Gasteiger partial charge in [0.25, 0.3) is 5.91 Å². The van der Waals surface area contributed by atoms with Gasteiger partial charge in [-0.15, -0.1) is 10.2 Å². The fourth-order valence-corrected chi connectivity index (χ4v) is 3.07. The molecule has 1 aromatic heterocycles. The van der Waals surface area contributed by atoms with Crippen LogP contribution in [0.2, 0.25) is 0 Å². The van der Waals surface area contributed by atoms with Crippen LogP contribution < -0.4 is 10.6 Å². The zero-order valence-corrected chi connectivity index (χ0v) is 14.4. The van der Waals surface area contributed by atoms with Crippen LogP contribution in [0.25, 0.3) is 5.57 Å². The van der Waals surface area contributed by atoms with Crippen molar-refractivity contribution in [1.29, 1.82) is 5.26 Å². The SMILES string of the molecule is N#CC(=CNc1ccccc1C(=O)NC1CCCCCC1)c1nn[nH]n1. The predicted molar refractivity (Wildman–Crippen MR) is 96.8 cm³/mol. The van der Waals surface area contributed by atoms with Crippen molar-refractivity contribution in [3.63, 3.8) is 0 Å². The summed E-state index contributed by atoms with van der Waals surface area (Å²) >= 11 is 0. The van der Waals surface area contributed by atoms with Gasteiger partial charge in [-0.3, -0.25) is 4.79 Å². The molecule has 0 unspecified atom stereocenters. The first-order valence-corrected chi connectivity index (χ1v) is 8.78. The van der Waals surface area contributed by atoms with Crippen LogP contribution in [0.4, 0.5) is 5.69 Å². The molecule has 0 saturated heterocycles. The van der Waals surface area contributed by atoms with Crippen LogP contribution in [0.15, 0.2) is 30.5 Å². The molecule has 8 heteroatoms. The highest BCUT2D eigenvalue weighted by Gasteiger charge is 2.17. The van der Waals surface area contributed by atoms with E-state index in [2.05, 4.69) is 31.3 Å². The summed E-state index contributed by atoms with van der Waals surface area (Å²) in [4.78, 5) is 12.7. The van der Waals surface area contributed by atoms with E-state index in [9.17, 15) is 10.1 Å². The van der Waals surface area contributed by atoms with Gasteiger partial charge in [-0.25, -0.2) is 0 Å². The molecule has 1 saturated carbocycles. The van der Waals surface area contributed by atoms with Crippen molar-refractivity contribution < 1.29 is 4.79 Å². The van der Waals surface area contributed by atoms with Gasteiger partial charge in [0.05, 0.1) is 11.3 Å². The smallest absolute Gasteiger partial charge is 0.253 e. The van der Waals surface area contributed by atoms with Crippen molar-refractivity contribution in [2.45, 2.75) is 44.6 Å². The Labute approximate surface area is 151 Å². The summed E-state index contributed by atoms with van der Waals surface area (Å²) in [5.41, 5.74) is 1.38. The molecule has 0 radical (unpaired) electrons. The Morgan fingerprint density at radius 3 is 2.69 bits per heavy atom. The maximum Gasteiger partial charge on any atom is 0.253 e. The number of allylic oxidation sites excluding steroid dienone is 1. The summed E-state index contributed by atoms with van der Waals surface area (Å²) in [5.74, 6) is 0.0897. The topological polar surface area (TPSA) is 119 Å². The number of rotatable bonds is 5. The average molecular weight is 351 g/mol. The van der Waals surface area contributed by atoms with Gasteiger partial charge in [0.1, 0.15) is 11.6 Å².